The summed E-state index contributed by atoms with van der Waals surface area (Å²) in [6.45, 7) is 1.46. The van der Waals surface area contributed by atoms with Gasteiger partial charge in [-0.05, 0) is 53.6 Å². The molecule has 0 aliphatic carbocycles. The minimum Gasteiger partial charge on any atom is -0.466 e. The van der Waals surface area contributed by atoms with Crippen molar-refractivity contribution in [1.82, 2.24) is 5.43 Å². The SMILES string of the molecule is CC(=O)OCCc1cccc(C(=O)Nc2ccc(Cl)cc2C(=O)N/N=C/c2ccc(Cl)c(C(F)(F)F)c2)c1. The summed E-state index contributed by atoms with van der Waals surface area (Å²) in [5.41, 5.74) is 2.38. The highest BCUT2D eigenvalue weighted by atomic mass is 35.5. The second-order valence-electron chi connectivity index (χ2n) is 7.87. The van der Waals surface area contributed by atoms with Gasteiger partial charge in [0, 0.05) is 23.9 Å². The molecule has 2 amide bonds. The zero-order chi connectivity index (χ0) is 27.9. The molecule has 198 valence electrons. The number of benzene rings is 3. The summed E-state index contributed by atoms with van der Waals surface area (Å²) >= 11 is 11.6. The summed E-state index contributed by atoms with van der Waals surface area (Å²) in [6, 6.07) is 14.0. The maximum Gasteiger partial charge on any atom is 0.417 e. The van der Waals surface area contributed by atoms with Gasteiger partial charge in [0.15, 0.2) is 0 Å². The van der Waals surface area contributed by atoms with Gasteiger partial charge in [-0.25, -0.2) is 5.43 Å². The zero-order valence-corrected chi connectivity index (χ0v) is 21.2. The van der Waals surface area contributed by atoms with Crippen LogP contribution < -0.4 is 10.7 Å². The number of rotatable bonds is 8. The average Bonchev–Trinajstić information content (AvgIpc) is 2.85. The largest absolute Gasteiger partial charge is 0.466 e. The molecule has 0 saturated carbocycles. The molecule has 7 nitrogen and oxygen atoms in total. The molecule has 38 heavy (non-hydrogen) atoms. The maximum absolute atomic E-state index is 13.1. The molecule has 0 unspecified atom stereocenters. The predicted molar refractivity (Wildman–Crippen MR) is 138 cm³/mol. The van der Waals surface area contributed by atoms with E-state index in [-0.39, 0.29) is 28.4 Å². The Hall–Kier alpha value is -3.89. The Balaban J connectivity index is 1.73. The van der Waals surface area contributed by atoms with Gasteiger partial charge in [0.1, 0.15) is 0 Å². The van der Waals surface area contributed by atoms with Gasteiger partial charge in [0.2, 0.25) is 0 Å². The van der Waals surface area contributed by atoms with Gasteiger partial charge in [-0.1, -0.05) is 41.4 Å². The first-order valence-electron chi connectivity index (χ1n) is 11.0. The fourth-order valence-corrected chi connectivity index (χ4v) is 3.65. The van der Waals surface area contributed by atoms with Crippen LogP contribution in [0.4, 0.5) is 18.9 Å². The van der Waals surface area contributed by atoms with Crippen LogP contribution in [-0.2, 0) is 22.1 Å². The molecular formula is C26H20Cl2F3N3O4. The first-order chi connectivity index (χ1) is 17.9. The van der Waals surface area contributed by atoms with Crippen molar-refractivity contribution in [2.45, 2.75) is 19.5 Å². The number of anilines is 1. The van der Waals surface area contributed by atoms with Crippen LogP contribution in [-0.4, -0.2) is 30.6 Å². The topological polar surface area (TPSA) is 96.9 Å². The first kappa shape index (κ1) is 28.7. The van der Waals surface area contributed by atoms with E-state index in [0.717, 1.165) is 23.9 Å². The van der Waals surface area contributed by atoms with Crippen LogP contribution in [0.5, 0.6) is 0 Å². The van der Waals surface area contributed by atoms with E-state index < -0.39 is 34.5 Å². The van der Waals surface area contributed by atoms with Crippen molar-refractivity contribution in [2.75, 3.05) is 11.9 Å². The van der Waals surface area contributed by atoms with Crippen LogP contribution in [0.25, 0.3) is 0 Å². The number of halogens is 5. The Kier molecular flexibility index (Phi) is 9.49. The van der Waals surface area contributed by atoms with Gasteiger partial charge in [-0.3, -0.25) is 14.4 Å². The molecule has 3 rings (SSSR count). The molecule has 0 saturated heterocycles. The number of nitrogens with zero attached hydrogens (tertiary/aromatic N) is 1. The Labute approximate surface area is 225 Å². The molecule has 3 aromatic rings. The fraction of sp³-hybridized carbons (Fsp3) is 0.154. The third kappa shape index (κ3) is 8.06. The molecule has 2 N–H and O–H groups in total. The molecule has 0 spiro atoms. The van der Waals surface area contributed by atoms with Gasteiger partial charge in [0.25, 0.3) is 11.8 Å². The first-order valence-corrected chi connectivity index (χ1v) is 11.7. The summed E-state index contributed by atoms with van der Waals surface area (Å²) in [7, 11) is 0. The second-order valence-corrected chi connectivity index (χ2v) is 8.71. The number of hydrogen-bond donors (Lipinski definition) is 2. The van der Waals surface area contributed by atoms with Gasteiger partial charge >= 0.3 is 12.1 Å². The zero-order valence-electron chi connectivity index (χ0n) is 19.7. The van der Waals surface area contributed by atoms with Gasteiger partial charge in [0.05, 0.1) is 34.7 Å². The van der Waals surface area contributed by atoms with Crippen molar-refractivity contribution in [3.05, 3.63) is 98.5 Å². The molecule has 0 aromatic heterocycles. The monoisotopic (exact) mass is 565 g/mol. The van der Waals surface area contributed by atoms with E-state index in [0.29, 0.717) is 12.0 Å². The number of hydrazone groups is 1. The van der Waals surface area contributed by atoms with Crippen LogP contribution in [0.3, 0.4) is 0 Å². The summed E-state index contributed by atoms with van der Waals surface area (Å²) < 4.78 is 44.1. The summed E-state index contributed by atoms with van der Waals surface area (Å²) in [6.07, 6.45) is -3.22. The number of carbonyl (C=O) groups is 3. The van der Waals surface area contributed by atoms with E-state index in [1.807, 2.05) is 0 Å². The molecule has 0 bridgehead atoms. The van der Waals surface area contributed by atoms with Crippen LogP contribution >= 0.6 is 23.2 Å². The third-order valence-corrected chi connectivity index (χ3v) is 5.60. The minimum atomic E-state index is -4.65. The summed E-state index contributed by atoms with van der Waals surface area (Å²) in [5, 5.41) is 6.09. The van der Waals surface area contributed by atoms with Crippen molar-refractivity contribution in [3.63, 3.8) is 0 Å². The minimum absolute atomic E-state index is 0.0268. The highest BCUT2D eigenvalue weighted by molar-refractivity contribution is 6.31. The van der Waals surface area contributed by atoms with Crippen LogP contribution in [0, 0.1) is 0 Å². The lowest BCUT2D eigenvalue weighted by molar-refractivity contribution is -0.141. The molecule has 0 atom stereocenters. The van der Waals surface area contributed by atoms with Crippen LogP contribution in [0.2, 0.25) is 10.0 Å². The van der Waals surface area contributed by atoms with E-state index in [9.17, 15) is 27.6 Å². The maximum atomic E-state index is 13.1. The Bertz CT molecular complexity index is 1390. The summed E-state index contributed by atoms with van der Waals surface area (Å²) in [5.74, 6) is -1.68. The number of carbonyl (C=O) groups excluding carboxylic acids is 3. The third-order valence-electron chi connectivity index (χ3n) is 5.04. The van der Waals surface area contributed by atoms with E-state index in [2.05, 4.69) is 15.8 Å². The number of hydrogen-bond acceptors (Lipinski definition) is 5. The number of alkyl halides is 3. The lowest BCUT2D eigenvalue weighted by Crippen LogP contribution is -2.21. The molecule has 0 fully saturated rings. The predicted octanol–water partition coefficient (Wildman–Crippen LogP) is 6.13. The number of amides is 2. The highest BCUT2D eigenvalue weighted by Crippen LogP contribution is 2.34. The number of nitrogens with one attached hydrogen (secondary N) is 2. The van der Waals surface area contributed by atoms with Gasteiger partial charge in [-0.2, -0.15) is 18.3 Å². The van der Waals surface area contributed by atoms with Crippen molar-refractivity contribution >= 4 is 52.9 Å². The van der Waals surface area contributed by atoms with Crippen molar-refractivity contribution in [1.29, 1.82) is 0 Å². The lowest BCUT2D eigenvalue weighted by atomic mass is 10.1. The molecule has 3 aromatic carbocycles. The standard InChI is InChI=1S/C26H20Cl2F3N3O4/c1-15(35)38-10-9-16-3-2-4-18(11-16)24(36)33-23-8-6-19(27)13-20(23)25(37)34-32-14-17-5-7-22(28)21(12-17)26(29,30)31/h2-8,11-14H,9-10H2,1H3,(H,33,36)(H,34,37)/b32-14+. The molecule has 12 heteroatoms. The Morgan fingerprint density at radius 1 is 1.00 bits per heavy atom. The summed E-state index contributed by atoms with van der Waals surface area (Å²) in [4.78, 5) is 36.6. The Morgan fingerprint density at radius 3 is 2.47 bits per heavy atom. The quantitative estimate of drug-likeness (QED) is 0.195. The van der Waals surface area contributed by atoms with Gasteiger partial charge < -0.3 is 10.1 Å². The fourth-order valence-electron chi connectivity index (χ4n) is 3.25. The number of esters is 1. The van der Waals surface area contributed by atoms with Crippen molar-refractivity contribution in [2.24, 2.45) is 5.10 Å². The second kappa shape index (κ2) is 12.6. The molecule has 0 heterocycles. The van der Waals surface area contributed by atoms with E-state index >= 15 is 0 Å². The van der Waals surface area contributed by atoms with Crippen LogP contribution in [0.1, 0.15) is 44.3 Å². The lowest BCUT2D eigenvalue weighted by Gasteiger charge is -2.12. The van der Waals surface area contributed by atoms with E-state index in [1.165, 1.54) is 31.2 Å². The molecule has 0 radical (unpaired) electrons. The number of ether oxygens (including phenoxy) is 1. The Morgan fingerprint density at radius 2 is 1.76 bits per heavy atom. The van der Waals surface area contributed by atoms with Crippen molar-refractivity contribution < 1.29 is 32.3 Å². The van der Waals surface area contributed by atoms with Gasteiger partial charge in [-0.15, -0.1) is 0 Å². The molecule has 0 aliphatic heterocycles. The molecular weight excluding hydrogens is 546 g/mol. The average molecular weight is 566 g/mol. The smallest absolute Gasteiger partial charge is 0.417 e. The highest BCUT2D eigenvalue weighted by Gasteiger charge is 2.33. The van der Waals surface area contributed by atoms with Crippen molar-refractivity contribution in [3.8, 4) is 0 Å². The molecule has 0 aliphatic rings. The van der Waals surface area contributed by atoms with E-state index in [4.69, 9.17) is 27.9 Å². The van der Waals surface area contributed by atoms with E-state index in [1.54, 1.807) is 24.3 Å². The van der Waals surface area contributed by atoms with Crippen LogP contribution in [0.15, 0.2) is 65.8 Å². The normalized spacial score (nSPS) is 11.3.